The van der Waals surface area contributed by atoms with E-state index in [4.69, 9.17) is 23.9 Å². The number of ether oxygens (including phenoxy) is 4. The average Bonchev–Trinajstić information content (AvgIpc) is 3.37. The highest BCUT2D eigenvalue weighted by molar-refractivity contribution is 5.82. The first-order valence-electron chi connectivity index (χ1n) is 14.2. The first-order valence-corrected chi connectivity index (χ1v) is 14.2. The minimum absolute atomic E-state index is 0.332. The van der Waals surface area contributed by atoms with Gasteiger partial charge in [-0.2, -0.15) is 0 Å². The molecule has 1 unspecified atom stereocenters. The number of para-hydroxylation sites is 1. The van der Waals surface area contributed by atoms with Gasteiger partial charge in [-0.3, -0.25) is 0 Å². The Labute approximate surface area is 241 Å². The van der Waals surface area contributed by atoms with E-state index in [9.17, 15) is 0 Å². The standard InChI is InChI=1S/C36H35NO4/c1-26-21-32(37-31-20-12-11-19-30(26)31)34-36(40-24-29-17-9-4-10-18-29)35(39-23-28-15-7-3-8-16-28)33(41-34)25-38-22-27-13-5-2-6-14-27/h2-21,33-36H,22-25H2,1H3/t33-,34?,35-,36+/m1/s1. The maximum Gasteiger partial charge on any atom is 0.129 e. The summed E-state index contributed by atoms with van der Waals surface area (Å²) in [4.78, 5) is 5.04. The van der Waals surface area contributed by atoms with Crippen LogP contribution in [0.5, 0.6) is 0 Å². The summed E-state index contributed by atoms with van der Waals surface area (Å²) in [6.45, 7) is 3.89. The SMILES string of the molecule is Cc1cc(C2O[C@H](COCc3ccccc3)[C@@H](OCc3ccccc3)[C@H]2OCc2ccccc2)nc2ccccc12. The summed E-state index contributed by atoms with van der Waals surface area (Å²) in [5.41, 5.74) is 6.26. The van der Waals surface area contributed by atoms with Crippen LogP contribution in [-0.2, 0) is 38.8 Å². The number of aromatic nitrogens is 1. The molecule has 208 valence electrons. The Morgan fingerprint density at radius 3 is 1.80 bits per heavy atom. The minimum Gasteiger partial charge on any atom is -0.374 e. The van der Waals surface area contributed by atoms with Crippen LogP contribution in [0.15, 0.2) is 121 Å². The zero-order chi connectivity index (χ0) is 27.9. The van der Waals surface area contributed by atoms with Crippen molar-refractivity contribution in [3.63, 3.8) is 0 Å². The Morgan fingerprint density at radius 2 is 1.17 bits per heavy atom. The van der Waals surface area contributed by atoms with Crippen molar-refractivity contribution in [2.45, 2.75) is 51.2 Å². The molecule has 0 radical (unpaired) electrons. The maximum absolute atomic E-state index is 6.75. The van der Waals surface area contributed by atoms with Gasteiger partial charge in [-0.05, 0) is 41.3 Å². The van der Waals surface area contributed by atoms with E-state index < -0.39 is 6.10 Å². The zero-order valence-electron chi connectivity index (χ0n) is 23.3. The van der Waals surface area contributed by atoms with Gasteiger partial charge in [-0.1, -0.05) is 109 Å². The van der Waals surface area contributed by atoms with Crippen molar-refractivity contribution >= 4 is 10.9 Å². The fourth-order valence-corrected chi connectivity index (χ4v) is 5.41. The summed E-state index contributed by atoms with van der Waals surface area (Å²) >= 11 is 0. The Kier molecular flexibility index (Phi) is 8.79. The number of hydrogen-bond donors (Lipinski definition) is 0. The topological polar surface area (TPSA) is 49.8 Å². The summed E-state index contributed by atoms with van der Waals surface area (Å²) in [6, 6.07) is 40.9. The van der Waals surface area contributed by atoms with E-state index in [0.29, 0.717) is 26.4 Å². The third-order valence-corrected chi connectivity index (χ3v) is 7.51. The molecule has 1 aliphatic heterocycles. The van der Waals surface area contributed by atoms with Gasteiger partial charge < -0.3 is 18.9 Å². The number of nitrogens with zero attached hydrogens (tertiary/aromatic N) is 1. The highest BCUT2D eigenvalue weighted by atomic mass is 16.6. The number of fused-ring (bicyclic) bond motifs is 1. The van der Waals surface area contributed by atoms with Crippen molar-refractivity contribution in [2.24, 2.45) is 0 Å². The first-order chi connectivity index (χ1) is 20.2. The molecular weight excluding hydrogens is 510 g/mol. The van der Waals surface area contributed by atoms with E-state index >= 15 is 0 Å². The predicted molar refractivity (Wildman–Crippen MR) is 160 cm³/mol. The van der Waals surface area contributed by atoms with E-state index in [1.165, 1.54) is 0 Å². The number of rotatable bonds is 11. The fourth-order valence-electron chi connectivity index (χ4n) is 5.41. The van der Waals surface area contributed by atoms with E-state index in [2.05, 4.69) is 55.5 Å². The second-order valence-electron chi connectivity index (χ2n) is 10.5. The quantitative estimate of drug-likeness (QED) is 0.173. The fraction of sp³-hybridized carbons (Fsp3) is 0.250. The van der Waals surface area contributed by atoms with Crippen molar-refractivity contribution in [3.05, 3.63) is 149 Å². The Bertz CT molecular complexity index is 1530. The van der Waals surface area contributed by atoms with Crippen LogP contribution in [0.3, 0.4) is 0 Å². The van der Waals surface area contributed by atoms with Crippen molar-refractivity contribution in [2.75, 3.05) is 6.61 Å². The molecule has 1 fully saturated rings. The van der Waals surface area contributed by atoms with Gasteiger partial charge >= 0.3 is 0 Å². The van der Waals surface area contributed by atoms with Gasteiger partial charge in [-0.25, -0.2) is 4.98 Å². The molecule has 5 aromatic rings. The van der Waals surface area contributed by atoms with Crippen LogP contribution < -0.4 is 0 Å². The first kappa shape index (κ1) is 27.3. The molecule has 1 aromatic heterocycles. The lowest BCUT2D eigenvalue weighted by atomic mass is 10.0. The van der Waals surface area contributed by atoms with Gasteiger partial charge in [-0.15, -0.1) is 0 Å². The molecule has 4 aromatic carbocycles. The molecule has 41 heavy (non-hydrogen) atoms. The molecule has 1 aliphatic rings. The molecule has 0 amide bonds. The molecule has 5 heteroatoms. The predicted octanol–water partition coefficient (Wildman–Crippen LogP) is 7.37. The molecule has 0 N–H and O–H groups in total. The second kappa shape index (κ2) is 13.2. The summed E-state index contributed by atoms with van der Waals surface area (Å²) < 4.78 is 26.2. The van der Waals surface area contributed by atoms with Gasteiger partial charge in [0.25, 0.3) is 0 Å². The van der Waals surface area contributed by atoms with Crippen LogP contribution in [-0.4, -0.2) is 29.9 Å². The van der Waals surface area contributed by atoms with E-state index in [1.807, 2.05) is 72.8 Å². The number of aryl methyl sites for hydroxylation is 1. The van der Waals surface area contributed by atoms with Crippen LogP contribution in [0.1, 0.15) is 34.1 Å². The molecule has 0 aliphatic carbocycles. The maximum atomic E-state index is 6.75. The lowest BCUT2D eigenvalue weighted by Gasteiger charge is -2.25. The van der Waals surface area contributed by atoms with Crippen molar-refractivity contribution < 1.29 is 18.9 Å². The Morgan fingerprint density at radius 1 is 0.634 bits per heavy atom. The van der Waals surface area contributed by atoms with E-state index in [1.54, 1.807) is 0 Å². The molecule has 0 spiro atoms. The lowest BCUT2D eigenvalue weighted by molar-refractivity contribution is -0.0898. The third kappa shape index (κ3) is 6.72. The largest absolute Gasteiger partial charge is 0.374 e. The van der Waals surface area contributed by atoms with Crippen LogP contribution in [0.2, 0.25) is 0 Å². The summed E-state index contributed by atoms with van der Waals surface area (Å²) in [6.07, 6.45) is -1.47. The molecule has 6 rings (SSSR count). The monoisotopic (exact) mass is 545 g/mol. The molecule has 0 bridgehead atoms. The average molecular weight is 546 g/mol. The van der Waals surface area contributed by atoms with Crippen LogP contribution in [0.25, 0.3) is 10.9 Å². The Balaban J connectivity index is 1.30. The number of pyridine rings is 1. The van der Waals surface area contributed by atoms with Crippen molar-refractivity contribution in [1.82, 2.24) is 4.98 Å². The third-order valence-electron chi connectivity index (χ3n) is 7.51. The highest BCUT2D eigenvalue weighted by Crippen LogP contribution is 2.39. The normalized spacial score (nSPS) is 20.4. The molecular formula is C36H35NO4. The second-order valence-corrected chi connectivity index (χ2v) is 10.5. The summed E-state index contributed by atoms with van der Waals surface area (Å²) in [7, 11) is 0. The summed E-state index contributed by atoms with van der Waals surface area (Å²) in [5.74, 6) is 0. The van der Waals surface area contributed by atoms with Crippen molar-refractivity contribution in [1.29, 1.82) is 0 Å². The Hall–Kier alpha value is -3.87. The van der Waals surface area contributed by atoms with Crippen LogP contribution in [0.4, 0.5) is 0 Å². The smallest absolute Gasteiger partial charge is 0.129 e. The lowest BCUT2D eigenvalue weighted by Crippen LogP contribution is -2.38. The van der Waals surface area contributed by atoms with E-state index in [0.717, 1.165) is 38.9 Å². The van der Waals surface area contributed by atoms with Gasteiger partial charge in [0.1, 0.15) is 24.4 Å². The molecule has 1 saturated heterocycles. The van der Waals surface area contributed by atoms with Gasteiger partial charge in [0, 0.05) is 5.39 Å². The van der Waals surface area contributed by atoms with Gasteiger partial charge in [0.05, 0.1) is 37.6 Å². The zero-order valence-corrected chi connectivity index (χ0v) is 23.3. The molecule has 0 saturated carbocycles. The number of benzene rings is 4. The van der Waals surface area contributed by atoms with Crippen molar-refractivity contribution in [3.8, 4) is 0 Å². The number of hydrogen-bond acceptors (Lipinski definition) is 5. The minimum atomic E-state index is -0.409. The molecule has 2 heterocycles. The highest BCUT2D eigenvalue weighted by Gasteiger charge is 2.48. The molecule has 5 nitrogen and oxygen atoms in total. The van der Waals surface area contributed by atoms with Crippen LogP contribution >= 0.6 is 0 Å². The van der Waals surface area contributed by atoms with Gasteiger partial charge in [0.15, 0.2) is 0 Å². The molecule has 4 atom stereocenters. The van der Waals surface area contributed by atoms with Crippen LogP contribution in [0, 0.1) is 6.92 Å². The van der Waals surface area contributed by atoms with E-state index in [-0.39, 0.29) is 18.3 Å². The van der Waals surface area contributed by atoms with Gasteiger partial charge in [0.2, 0.25) is 0 Å². The summed E-state index contributed by atoms with van der Waals surface area (Å²) in [5, 5.41) is 1.13.